The maximum Gasteiger partial charge on any atom is 0.289 e. The van der Waals surface area contributed by atoms with E-state index in [-0.39, 0.29) is 16.9 Å². The topological polar surface area (TPSA) is 101 Å². The first-order chi connectivity index (χ1) is 9.57. The number of nitrogens with zero attached hydrogens (tertiary/aromatic N) is 1. The number of nitro benzene ring substituents is 1. The molecule has 2 N–H and O–H groups in total. The molecule has 0 heterocycles. The number of hydrogen-bond donors (Lipinski definition) is 2. The fraction of sp³-hybridized carbons (Fsp3) is 0.538. The molecule has 1 aromatic carbocycles. The highest BCUT2D eigenvalue weighted by Gasteiger charge is 2.26. The van der Waals surface area contributed by atoms with Gasteiger partial charge in [-0.3, -0.25) is 10.1 Å². The minimum absolute atomic E-state index is 0.0265. The maximum absolute atomic E-state index is 12.3. The van der Waals surface area contributed by atoms with Gasteiger partial charge in [-0.25, -0.2) is 13.1 Å². The molecule has 1 rings (SSSR count). The predicted molar refractivity (Wildman–Crippen MR) is 81.9 cm³/mol. The summed E-state index contributed by atoms with van der Waals surface area (Å²) >= 11 is 0. The Balaban J connectivity index is 3.08. The van der Waals surface area contributed by atoms with Gasteiger partial charge in [0, 0.05) is 25.3 Å². The maximum atomic E-state index is 12.3. The molecular formula is C13H21N3O4S. The average Bonchev–Trinajstić information content (AvgIpc) is 2.36. The largest absolute Gasteiger partial charge is 0.388 e. The molecule has 8 heteroatoms. The third-order valence-corrected chi connectivity index (χ3v) is 4.39. The lowest BCUT2D eigenvalue weighted by atomic mass is 9.93. The van der Waals surface area contributed by atoms with Crippen molar-refractivity contribution in [3.8, 4) is 0 Å². The number of hydrogen-bond acceptors (Lipinski definition) is 5. The number of nitro groups is 1. The van der Waals surface area contributed by atoms with Crippen LogP contribution in [0.3, 0.4) is 0 Å². The molecule has 0 atom stereocenters. The van der Waals surface area contributed by atoms with E-state index >= 15 is 0 Å². The lowest BCUT2D eigenvalue weighted by molar-refractivity contribution is -0.387. The third kappa shape index (κ3) is 4.98. The van der Waals surface area contributed by atoms with Crippen LogP contribution in [0, 0.1) is 15.5 Å². The molecule has 0 aliphatic heterocycles. The number of sulfonamides is 1. The molecule has 7 nitrogen and oxygen atoms in total. The average molecular weight is 315 g/mol. The van der Waals surface area contributed by atoms with Crippen LogP contribution in [-0.4, -0.2) is 26.9 Å². The molecule has 0 saturated heterocycles. The van der Waals surface area contributed by atoms with E-state index in [0.29, 0.717) is 12.1 Å². The predicted octanol–water partition coefficient (Wildman–Crippen LogP) is 2.35. The number of anilines is 1. The first-order valence-corrected chi connectivity index (χ1v) is 8.01. The summed E-state index contributed by atoms with van der Waals surface area (Å²) < 4.78 is 27.0. The zero-order valence-corrected chi connectivity index (χ0v) is 13.5. The highest BCUT2D eigenvalue weighted by atomic mass is 32.2. The molecule has 0 saturated carbocycles. The van der Waals surface area contributed by atoms with Crippen LogP contribution in [0.5, 0.6) is 0 Å². The summed E-state index contributed by atoms with van der Waals surface area (Å²) in [5.41, 5.74) is 0.0374. The van der Waals surface area contributed by atoms with Crippen LogP contribution < -0.4 is 10.0 Å². The Morgan fingerprint density at radius 3 is 2.38 bits per heavy atom. The van der Waals surface area contributed by atoms with Gasteiger partial charge in [-0.2, -0.15) is 0 Å². The second-order valence-electron chi connectivity index (χ2n) is 5.90. The van der Waals surface area contributed by atoms with Crippen molar-refractivity contribution in [1.82, 2.24) is 4.72 Å². The molecule has 21 heavy (non-hydrogen) atoms. The molecule has 0 fully saturated rings. The fourth-order valence-electron chi connectivity index (χ4n) is 1.67. The van der Waals surface area contributed by atoms with Crippen LogP contribution >= 0.6 is 0 Å². The summed E-state index contributed by atoms with van der Waals surface area (Å²) in [7, 11) is -2.31. The van der Waals surface area contributed by atoms with E-state index in [1.54, 1.807) is 7.05 Å². The van der Waals surface area contributed by atoms with Gasteiger partial charge in [-0.05, 0) is 24.0 Å². The van der Waals surface area contributed by atoms with Crippen LogP contribution in [0.25, 0.3) is 0 Å². The highest BCUT2D eigenvalue weighted by Crippen LogP contribution is 2.27. The van der Waals surface area contributed by atoms with Crippen LogP contribution in [0.2, 0.25) is 0 Å². The summed E-state index contributed by atoms with van der Waals surface area (Å²) in [6, 6.07) is 3.91. The lowest BCUT2D eigenvalue weighted by Gasteiger charge is -2.18. The Bertz CT molecular complexity index is 621. The Kier molecular flexibility index (Phi) is 5.30. The van der Waals surface area contributed by atoms with E-state index < -0.39 is 20.6 Å². The van der Waals surface area contributed by atoms with Gasteiger partial charge in [0.1, 0.15) is 0 Å². The molecular weight excluding hydrogens is 294 g/mol. The molecule has 1 aromatic rings. The normalized spacial score (nSPS) is 12.2. The van der Waals surface area contributed by atoms with Gasteiger partial charge in [0.25, 0.3) is 5.69 Å². The molecule has 0 unspecified atom stereocenters. The lowest BCUT2D eigenvalue weighted by Crippen LogP contribution is -2.28. The Labute approximate surface area is 124 Å². The van der Waals surface area contributed by atoms with Gasteiger partial charge in [0.2, 0.25) is 10.0 Å². The molecule has 0 aromatic heterocycles. The van der Waals surface area contributed by atoms with Gasteiger partial charge < -0.3 is 5.32 Å². The highest BCUT2D eigenvalue weighted by molar-refractivity contribution is 7.89. The first-order valence-electron chi connectivity index (χ1n) is 6.53. The molecule has 0 bridgehead atoms. The van der Waals surface area contributed by atoms with Crippen molar-refractivity contribution < 1.29 is 13.3 Å². The molecule has 0 aliphatic carbocycles. The van der Waals surface area contributed by atoms with Crippen molar-refractivity contribution in [1.29, 1.82) is 0 Å². The monoisotopic (exact) mass is 315 g/mol. The minimum atomic E-state index is -3.92. The smallest absolute Gasteiger partial charge is 0.289 e. The summed E-state index contributed by atoms with van der Waals surface area (Å²) in [6.07, 6.45) is 0.631. The van der Waals surface area contributed by atoms with E-state index in [9.17, 15) is 18.5 Å². The zero-order chi connectivity index (χ0) is 16.3. The summed E-state index contributed by atoms with van der Waals surface area (Å²) in [6.45, 7) is 6.20. The van der Waals surface area contributed by atoms with E-state index in [1.165, 1.54) is 18.2 Å². The van der Waals surface area contributed by atoms with E-state index in [2.05, 4.69) is 10.0 Å². The fourth-order valence-corrected chi connectivity index (χ4v) is 2.90. The van der Waals surface area contributed by atoms with Crippen molar-refractivity contribution in [3.05, 3.63) is 28.3 Å². The van der Waals surface area contributed by atoms with Gasteiger partial charge >= 0.3 is 0 Å². The zero-order valence-electron chi connectivity index (χ0n) is 12.6. The summed E-state index contributed by atoms with van der Waals surface area (Å²) in [4.78, 5) is 9.97. The van der Waals surface area contributed by atoms with Gasteiger partial charge in [0.15, 0.2) is 4.90 Å². The Morgan fingerprint density at radius 2 is 1.90 bits per heavy atom. The Hall–Kier alpha value is -1.67. The Morgan fingerprint density at radius 1 is 1.29 bits per heavy atom. The van der Waals surface area contributed by atoms with Crippen molar-refractivity contribution in [2.24, 2.45) is 5.41 Å². The molecule has 118 valence electrons. The van der Waals surface area contributed by atoms with Gasteiger partial charge in [-0.15, -0.1) is 0 Å². The van der Waals surface area contributed by atoms with E-state index in [0.717, 1.165) is 0 Å². The van der Waals surface area contributed by atoms with Crippen LogP contribution in [0.1, 0.15) is 27.2 Å². The second-order valence-corrected chi connectivity index (χ2v) is 7.63. The van der Waals surface area contributed by atoms with Crippen molar-refractivity contribution in [3.63, 3.8) is 0 Å². The van der Waals surface area contributed by atoms with Crippen LogP contribution in [0.4, 0.5) is 11.4 Å². The van der Waals surface area contributed by atoms with Crippen molar-refractivity contribution in [2.75, 3.05) is 18.9 Å². The SMILES string of the molecule is CNc1ccc([N+](=O)[O-])c(S(=O)(=O)NCCC(C)(C)C)c1. The van der Waals surface area contributed by atoms with E-state index in [4.69, 9.17) is 0 Å². The summed E-state index contributed by atoms with van der Waals surface area (Å²) in [5, 5.41) is 13.8. The molecule has 0 amide bonds. The summed E-state index contributed by atoms with van der Waals surface area (Å²) in [5.74, 6) is 0. The molecule has 0 aliphatic rings. The quantitative estimate of drug-likeness (QED) is 0.620. The molecule has 0 spiro atoms. The first kappa shape index (κ1) is 17.4. The minimum Gasteiger partial charge on any atom is -0.388 e. The second kappa shape index (κ2) is 6.40. The van der Waals surface area contributed by atoms with Gasteiger partial charge in [-0.1, -0.05) is 20.8 Å². The van der Waals surface area contributed by atoms with Gasteiger partial charge in [0.05, 0.1) is 4.92 Å². The number of rotatable bonds is 6. The van der Waals surface area contributed by atoms with Crippen LogP contribution in [0.15, 0.2) is 23.1 Å². The molecule has 0 radical (unpaired) electrons. The third-order valence-electron chi connectivity index (χ3n) is 2.90. The number of benzene rings is 1. The number of nitrogens with one attached hydrogen (secondary N) is 2. The van der Waals surface area contributed by atoms with Crippen LogP contribution in [-0.2, 0) is 10.0 Å². The van der Waals surface area contributed by atoms with E-state index in [1.807, 2.05) is 20.8 Å². The van der Waals surface area contributed by atoms with Crippen molar-refractivity contribution >= 4 is 21.4 Å². The standard InChI is InChI=1S/C13H21N3O4S/c1-13(2,3)7-8-15-21(19,20)12-9-10(14-4)5-6-11(12)16(17)18/h5-6,9,14-15H,7-8H2,1-4H3. The van der Waals surface area contributed by atoms with Crippen molar-refractivity contribution in [2.45, 2.75) is 32.1 Å².